The van der Waals surface area contributed by atoms with E-state index in [2.05, 4.69) is 33.1 Å². The van der Waals surface area contributed by atoms with E-state index in [9.17, 15) is 4.79 Å². The summed E-state index contributed by atoms with van der Waals surface area (Å²) in [5, 5.41) is 12.4. The Morgan fingerprint density at radius 1 is 1.23 bits per heavy atom. The topological polar surface area (TPSA) is 70.7 Å². The van der Waals surface area contributed by atoms with Gasteiger partial charge >= 0.3 is 0 Å². The predicted octanol–water partition coefficient (Wildman–Crippen LogP) is 3.93. The summed E-state index contributed by atoms with van der Waals surface area (Å²) in [4.78, 5) is 16.1. The number of hydrogen-bond donors (Lipinski definition) is 1. The highest BCUT2D eigenvalue weighted by Gasteiger charge is 2.08. The number of aromatic nitrogens is 2. The third kappa shape index (κ3) is 3.98. The number of nitrogens with zero attached hydrogens (tertiary/aromatic N) is 3. The molecule has 0 bridgehead atoms. The minimum Gasteiger partial charge on any atom is -0.380 e. The molecule has 0 atom stereocenters. The van der Waals surface area contributed by atoms with Crippen LogP contribution in [0.4, 0.5) is 5.69 Å². The van der Waals surface area contributed by atoms with Crippen LogP contribution in [-0.2, 0) is 13.1 Å². The van der Waals surface area contributed by atoms with Crippen LogP contribution < -0.4 is 5.32 Å². The summed E-state index contributed by atoms with van der Waals surface area (Å²) in [5.74, 6) is 0.953. The van der Waals surface area contributed by atoms with Crippen LogP contribution in [-0.4, -0.2) is 15.3 Å². The van der Waals surface area contributed by atoms with Gasteiger partial charge in [-0.3, -0.25) is 4.79 Å². The van der Waals surface area contributed by atoms with Crippen LogP contribution in [0.25, 0.3) is 0 Å². The Labute approximate surface area is 152 Å². The minimum absolute atomic E-state index is 0.0266. The normalized spacial score (nSPS) is 10.3. The van der Waals surface area contributed by atoms with Crippen LogP contribution in [0.15, 0.2) is 54.9 Å². The Morgan fingerprint density at radius 2 is 2.04 bits per heavy atom. The molecular formula is C21H20N4O. The number of ketones is 1. The summed E-state index contributed by atoms with van der Waals surface area (Å²) in [6.07, 6.45) is 3.76. The number of benzene rings is 2. The van der Waals surface area contributed by atoms with E-state index >= 15 is 0 Å². The number of rotatable bonds is 6. The molecule has 1 N–H and O–H groups in total. The van der Waals surface area contributed by atoms with Crippen LogP contribution in [0, 0.1) is 18.3 Å². The Morgan fingerprint density at radius 3 is 2.73 bits per heavy atom. The molecule has 0 aliphatic heterocycles. The van der Waals surface area contributed by atoms with E-state index in [1.807, 2.05) is 25.3 Å². The van der Waals surface area contributed by atoms with Gasteiger partial charge in [-0.25, -0.2) is 4.98 Å². The second kappa shape index (κ2) is 7.66. The lowest BCUT2D eigenvalue weighted by Gasteiger charge is -2.12. The lowest BCUT2D eigenvalue weighted by molar-refractivity contribution is 0.101. The van der Waals surface area contributed by atoms with Crippen molar-refractivity contribution in [3.63, 3.8) is 0 Å². The first-order valence-electron chi connectivity index (χ1n) is 8.41. The maximum atomic E-state index is 11.8. The van der Waals surface area contributed by atoms with Crippen LogP contribution in [0.3, 0.4) is 0 Å². The zero-order valence-corrected chi connectivity index (χ0v) is 14.9. The molecule has 0 fully saturated rings. The fraction of sp³-hybridized carbons (Fsp3) is 0.190. The van der Waals surface area contributed by atoms with E-state index < -0.39 is 0 Å². The Kier molecular flexibility index (Phi) is 5.14. The number of carbonyl (C=O) groups is 1. The van der Waals surface area contributed by atoms with Crippen LogP contribution in [0.1, 0.15) is 39.8 Å². The number of anilines is 1. The fourth-order valence-electron chi connectivity index (χ4n) is 2.87. The second-order valence-electron chi connectivity index (χ2n) is 6.20. The number of carbonyl (C=O) groups excluding carboxylic acids is 1. The van der Waals surface area contributed by atoms with Crippen molar-refractivity contribution >= 4 is 11.5 Å². The van der Waals surface area contributed by atoms with Crippen LogP contribution in [0.2, 0.25) is 0 Å². The predicted molar refractivity (Wildman–Crippen MR) is 101 cm³/mol. The quantitative estimate of drug-likeness (QED) is 0.688. The minimum atomic E-state index is -0.0266. The third-order valence-electron chi connectivity index (χ3n) is 4.28. The monoisotopic (exact) mass is 344 g/mol. The molecule has 0 aliphatic carbocycles. The lowest BCUT2D eigenvalue weighted by Crippen LogP contribution is -2.06. The summed E-state index contributed by atoms with van der Waals surface area (Å²) >= 11 is 0. The van der Waals surface area contributed by atoms with Gasteiger partial charge in [-0.1, -0.05) is 24.3 Å². The molecule has 1 aromatic heterocycles. The highest BCUT2D eigenvalue weighted by atomic mass is 16.1. The van der Waals surface area contributed by atoms with Gasteiger partial charge in [0, 0.05) is 36.7 Å². The van der Waals surface area contributed by atoms with Crippen LogP contribution in [0.5, 0.6) is 0 Å². The summed E-state index contributed by atoms with van der Waals surface area (Å²) in [5.41, 5.74) is 4.10. The van der Waals surface area contributed by atoms with Crippen molar-refractivity contribution in [1.82, 2.24) is 9.55 Å². The molecule has 0 saturated heterocycles. The molecular weight excluding hydrogens is 324 g/mol. The number of hydrogen-bond acceptors (Lipinski definition) is 4. The van der Waals surface area contributed by atoms with Gasteiger partial charge in [-0.05, 0) is 43.2 Å². The molecule has 0 amide bonds. The highest BCUT2D eigenvalue weighted by Crippen LogP contribution is 2.20. The zero-order valence-electron chi connectivity index (χ0n) is 14.9. The summed E-state index contributed by atoms with van der Waals surface area (Å²) in [7, 11) is 0. The van der Waals surface area contributed by atoms with E-state index in [4.69, 9.17) is 5.26 Å². The lowest BCUT2D eigenvalue weighted by atomic mass is 10.1. The molecule has 2 aromatic carbocycles. The smallest absolute Gasteiger partial charge is 0.161 e. The van der Waals surface area contributed by atoms with Gasteiger partial charge in [0.1, 0.15) is 5.82 Å². The number of Topliss-reactive ketones (excluding diaryl/α,β-unsaturated/α-hetero) is 1. The van der Waals surface area contributed by atoms with E-state index in [1.54, 1.807) is 24.4 Å². The van der Waals surface area contributed by atoms with Crippen molar-refractivity contribution in [1.29, 1.82) is 5.26 Å². The summed E-state index contributed by atoms with van der Waals surface area (Å²) in [6.45, 7) is 4.85. The first-order valence-corrected chi connectivity index (χ1v) is 8.41. The Hall–Kier alpha value is -3.39. The van der Waals surface area contributed by atoms with Gasteiger partial charge in [0.2, 0.25) is 0 Å². The summed E-state index contributed by atoms with van der Waals surface area (Å²) < 4.78 is 2.09. The second-order valence-corrected chi connectivity index (χ2v) is 6.20. The zero-order chi connectivity index (χ0) is 18.5. The Balaban J connectivity index is 1.76. The van der Waals surface area contributed by atoms with Crippen molar-refractivity contribution < 1.29 is 4.79 Å². The molecule has 0 spiro atoms. The first kappa shape index (κ1) is 17.4. The Bertz CT molecular complexity index is 982. The highest BCUT2D eigenvalue weighted by molar-refractivity contribution is 5.99. The largest absolute Gasteiger partial charge is 0.380 e. The van der Waals surface area contributed by atoms with Crippen molar-refractivity contribution in [2.75, 3.05) is 5.32 Å². The number of nitriles is 1. The maximum absolute atomic E-state index is 11.8. The molecule has 1 heterocycles. The molecule has 5 heteroatoms. The van der Waals surface area contributed by atoms with Crippen molar-refractivity contribution in [2.24, 2.45) is 0 Å². The van der Waals surface area contributed by atoms with Crippen LogP contribution >= 0.6 is 0 Å². The summed E-state index contributed by atoms with van der Waals surface area (Å²) in [6, 6.07) is 15.5. The molecule has 0 radical (unpaired) electrons. The molecule has 0 unspecified atom stereocenters. The molecule has 0 saturated carbocycles. The molecule has 26 heavy (non-hydrogen) atoms. The van der Waals surface area contributed by atoms with Gasteiger partial charge in [-0.2, -0.15) is 5.26 Å². The fourth-order valence-corrected chi connectivity index (χ4v) is 2.87. The SMILES string of the molecule is CC(=O)c1ccc(C#N)cc1NCc1cccc(Cn2ccnc2C)c1. The number of nitrogens with one attached hydrogen (secondary N) is 1. The van der Waals surface area contributed by atoms with Gasteiger partial charge in [-0.15, -0.1) is 0 Å². The van der Waals surface area contributed by atoms with Crippen molar-refractivity contribution in [3.8, 4) is 6.07 Å². The third-order valence-corrected chi connectivity index (χ3v) is 4.28. The van der Waals surface area contributed by atoms with Crippen molar-refractivity contribution in [3.05, 3.63) is 82.9 Å². The van der Waals surface area contributed by atoms with E-state index in [1.165, 1.54) is 12.5 Å². The molecule has 130 valence electrons. The molecule has 5 nitrogen and oxygen atoms in total. The number of imidazole rings is 1. The average Bonchev–Trinajstić information content (AvgIpc) is 3.04. The van der Waals surface area contributed by atoms with E-state index in [-0.39, 0.29) is 5.78 Å². The maximum Gasteiger partial charge on any atom is 0.161 e. The molecule has 0 aliphatic rings. The van der Waals surface area contributed by atoms with Gasteiger partial charge < -0.3 is 9.88 Å². The first-order chi connectivity index (χ1) is 12.6. The molecule has 3 aromatic rings. The van der Waals surface area contributed by atoms with E-state index in [0.717, 1.165) is 17.9 Å². The number of aryl methyl sites for hydroxylation is 1. The average molecular weight is 344 g/mol. The van der Waals surface area contributed by atoms with Gasteiger partial charge in [0.05, 0.1) is 11.6 Å². The standard InChI is InChI=1S/C21H20N4O/c1-15(26)20-7-6-17(12-22)11-21(20)24-13-18-4-3-5-19(10-18)14-25-9-8-23-16(25)2/h3-11,24H,13-14H2,1-2H3. The van der Waals surface area contributed by atoms with Crippen molar-refractivity contribution in [2.45, 2.75) is 26.9 Å². The van der Waals surface area contributed by atoms with E-state index in [0.29, 0.717) is 23.4 Å². The van der Waals surface area contributed by atoms with Gasteiger partial charge in [0.25, 0.3) is 0 Å². The van der Waals surface area contributed by atoms with Gasteiger partial charge in [0.15, 0.2) is 5.78 Å². The molecule has 3 rings (SSSR count).